The number of imidazole rings is 1. The molecular weight excluding hydrogens is 219 g/mol. The van der Waals surface area contributed by atoms with Crippen LogP contribution >= 0.6 is 23.2 Å². The van der Waals surface area contributed by atoms with Gasteiger partial charge in [0.05, 0.1) is 11.2 Å². The van der Waals surface area contributed by atoms with Gasteiger partial charge in [-0.3, -0.25) is 0 Å². The molecule has 1 aromatic carbocycles. The van der Waals surface area contributed by atoms with Crippen LogP contribution in [-0.2, 0) is 7.05 Å². The average molecular weight is 227 g/mol. The van der Waals surface area contributed by atoms with Crippen LogP contribution in [0.3, 0.4) is 0 Å². The summed E-state index contributed by atoms with van der Waals surface area (Å²) in [5.74, 6) is 0.778. The van der Waals surface area contributed by atoms with E-state index in [2.05, 4.69) is 4.98 Å². The molecule has 0 saturated heterocycles. The first-order valence-corrected chi connectivity index (χ1v) is 4.88. The minimum absolute atomic E-state index is 0.597. The first kappa shape index (κ1) is 9.56. The largest absolute Gasteiger partial charge is 0.318 e. The molecule has 2 nitrogen and oxygen atoms in total. The summed E-state index contributed by atoms with van der Waals surface area (Å²) in [5.41, 5.74) is 0.892. The molecule has 0 saturated carbocycles. The van der Waals surface area contributed by atoms with E-state index in [1.165, 1.54) is 0 Å². The third kappa shape index (κ3) is 1.51. The van der Waals surface area contributed by atoms with E-state index in [4.69, 9.17) is 23.2 Å². The Balaban J connectivity index is 2.60. The van der Waals surface area contributed by atoms with Crippen molar-refractivity contribution in [2.24, 2.45) is 7.05 Å². The number of halogens is 2. The topological polar surface area (TPSA) is 17.8 Å². The summed E-state index contributed by atoms with van der Waals surface area (Å²) in [6, 6.07) is 7.56. The molecule has 0 spiro atoms. The smallest absolute Gasteiger partial charge is 0.142 e. The molecular formula is C10H8Cl2N2. The molecule has 4 heteroatoms. The molecule has 14 heavy (non-hydrogen) atoms. The van der Waals surface area contributed by atoms with Gasteiger partial charge < -0.3 is 4.57 Å². The van der Waals surface area contributed by atoms with Crippen molar-refractivity contribution < 1.29 is 0 Å². The molecule has 2 aromatic rings. The van der Waals surface area contributed by atoms with Crippen molar-refractivity contribution in [2.75, 3.05) is 0 Å². The van der Waals surface area contributed by atoms with Crippen LogP contribution in [0.15, 0.2) is 30.5 Å². The van der Waals surface area contributed by atoms with E-state index in [-0.39, 0.29) is 0 Å². The Bertz CT molecular complexity index is 463. The van der Waals surface area contributed by atoms with Crippen LogP contribution in [0, 0.1) is 0 Å². The average Bonchev–Trinajstić information content (AvgIpc) is 2.49. The van der Waals surface area contributed by atoms with E-state index >= 15 is 0 Å². The maximum atomic E-state index is 6.04. The molecule has 0 aliphatic rings. The van der Waals surface area contributed by atoms with Crippen LogP contribution < -0.4 is 0 Å². The molecule has 0 bridgehead atoms. The fourth-order valence-corrected chi connectivity index (χ4v) is 1.63. The summed E-state index contributed by atoms with van der Waals surface area (Å²) >= 11 is 11.9. The number of aromatic nitrogens is 2. The predicted molar refractivity (Wildman–Crippen MR) is 58.7 cm³/mol. The SMILES string of the molecule is Cn1c(Cl)cnc1-c1ccccc1Cl. The summed E-state index contributed by atoms with van der Waals surface area (Å²) in [5, 5.41) is 1.28. The summed E-state index contributed by atoms with van der Waals surface area (Å²) in [4.78, 5) is 4.19. The molecule has 0 aliphatic heterocycles. The number of benzene rings is 1. The van der Waals surface area contributed by atoms with Crippen molar-refractivity contribution in [1.82, 2.24) is 9.55 Å². The first-order chi connectivity index (χ1) is 6.70. The Morgan fingerprint density at radius 1 is 1.21 bits per heavy atom. The van der Waals surface area contributed by atoms with Gasteiger partial charge in [-0.15, -0.1) is 0 Å². The highest BCUT2D eigenvalue weighted by Gasteiger charge is 2.09. The highest BCUT2D eigenvalue weighted by molar-refractivity contribution is 6.33. The lowest BCUT2D eigenvalue weighted by molar-refractivity contribution is 0.926. The van der Waals surface area contributed by atoms with Gasteiger partial charge in [0.1, 0.15) is 11.0 Å². The van der Waals surface area contributed by atoms with E-state index in [1.807, 2.05) is 31.3 Å². The summed E-state index contributed by atoms with van der Waals surface area (Å²) in [6.45, 7) is 0. The minimum Gasteiger partial charge on any atom is -0.318 e. The number of rotatable bonds is 1. The van der Waals surface area contributed by atoms with Crippen molar-refractivity contribution in [3.8, 4) is 11.4 Å². The molecule has 0 N–H and O–H groups in total. The van der Waals surface area contributed by atoms with Crippen LogP contribution in [0.25, 0.3) is 11.4 Å². The molecule has 0 unspecified atom stereocenters. The zero-order valence-corrected chi connectivity index (χ0v) is 9.05. The second-order valence-corrected chi connectivity index (χ2v) is 3.74. The standard InChI is InChI=1S/C10H8Cl2N2/c1-14-9(12)6-13-10(14)7-4-2-3-5-8(7)11/h2-6H,1H3. The fourth-order valence-electron chi connectivity index (χ4n) is 1.28. The van der Waals surface area contributed by atoms with Crippen LogP contribution in [-0.4, -0.2) is 9.55 Å². The Kier molecular flexibility index (Phi) is 2.48. The van der Waals surface area contributed by atoms with E-state index in [1.54, 1.807) is 10.8 Å². The number of hydrogen-bond acceptors (Lipinski definition) is 1. The van der Waals surface area contributed by atoms with Gasteiger partial charge in [-0.2, -0.15) is 0 Å². The predicted octanol–water partition coefficient (Wildman–Crippen LogP) is 3.39. The summed E-state index contributed by atoms with van der Waals surface area (Å²) < 4.78 is 1.79. The third-order valence-electron chi connectivity index (χ3n) is 2.05. The van der Waals surface area contributed by atoms with Crippen LogP contribution in [0.5, 0.6) is 0 Å². The van der Waals surface area contributed by atoms with Crippen molar-refractivity contribution in [3.05, 3.63) is 40.6 Å². The molecule has 0 fully saturated rings. The second-order valence-electron chi connectivity index (χ2n) is 2.94. The van der Waals surface area contributed by atoms with Crippen molar-refractivity contribution in [3.63, 3.8) is 0 Å². The summed E-state index contributed by atoms with van der Waals surface area (Å²) in [7, 11) is 1.86. The summed E-state index contributed by atoms with van der Waals surface area (Å²) in [6.07, 6.45) is 1.61. The monoisotopic (exact) mass is 226 g/mol. The Labute approximate surface area is 92.1 Å². The Morgan fingerprint density at radius 3 is 2.50 bits per heavy atom. The third-order valence-corrected chi connectivity index (χ3v) is 2.73. The maximum Gasteiger partial charge on any atom is 0.142 e. The van der Waals surface area contributed by atoms with E-state index in [0.29, 0.717) is 10.2 Å². The van der Waals surface area contributed by atoms with Crippen LogP contribution in [0.1, 0.15) is 0 Å². The van der Waals surface area contributed by atoms with Crippen molar-refractivity contribution in [1.29, 1.82) is 0 Å². The molecule has 0 radical (unpaired) electrons. The van der Waals surface area contributed by atoms with E-state index < -0.39 is 0 Å². The van der Waals surface area contributed by atoms with Gasteiger partial charge in [-0.05, 0) is 12.1 Å². The number of hydrogen-bond donors (Lipinski definition) is 0. The fraction of sp³-hybridized carbons (Fsp3) is 0.100. The van der Waals surface area contributed by atoms with E-state index in [0.717, 1.165) is 11.4 Å². The van der Waals surface area contributed by atoms with Gasteiger partial charge in [0.25, 0.3) is 0 Å². The molecule has 0 amide bonds. The van der Waals surface area contributed by atoms with Crippen molar-refractivity contribution in [2.45, 2.75) is 0 Å². The quantitative estimate of drug-likeness (QED) is 0.730. The molecule has 72 valence electrons. The zero-order chi connectivity index (χ0) is 10.1. The Morgan fingerprint density at radius 2 is 1.93 bits per heavy atom. The first-order valence-electron chi connectivity index (χ1n) is 4.12. The zero-order valence-electron chi connectivity index (χ0n) is 7.54. The lowest BCUT2D eigenvalue weighted by Gasteiger charge is -2.03. The Hall–Kier alpha value is -0.990. The minimum atomic E-state index is 0.597. The van der Waals surface area contributed by atoms with Gasteiger partial charge in [0.15, 0.2) is 0 Å². The highest BCUT2D eigenvalue weighted by atomic mass is 35.5. The maximum absolute atomic E-state index is 6.04. The molecule has 0 aliphatic carbocycles. The second kappa shape index (κ2) is 3.64. The van der Waals surface area contributed by atoms with Gasteiger partial charge in [-0.1, -0.05) is 35.3 Å². The van der Waals surface area contributed by atoms with Gasteiger partial charge >= 0.3 is 0 Å². The molecule has 1 heterocycles. The lowest BCUT2D eigenvalue weighted by atomic mass is 10.2. The van der Waals surface area contributed by atoms with Crippen LogP contribution in [0.4, 0.5) is 0 Å². The van der Waals surface area contributed by atoms with Crippen LogP contribution in [0.2, 0.25) is 10.2 Å². The lowest BCUT2D eigenvalue weighted by Crippen LogP contribution is -1.92. The van der Waals surface area contributed by atoms with E-state index in [9.17, 15) is 0 Å². The van der Waals surface area contributed by atoms with Gasteiger partial charge in [0.2, 0.25) is 0 Å². The van der Waals surface area contributed by atoms with Gasteiger partial charge in [-0.25, -0.2) is 4.98 Å². The highest BCUT2D eigenvalue weighted by Crippen LogP contribution is 2.27. The molecule has 2 rings (SSSR count). The molecule has 0 atom stereocenters. The normalized spacial score (nSPS) is 10.5. The number of nitrogens with zero attached hydrogens (tertiary/aromatic N) is 2. The van der Waals surface area contributed by atoms with Crippen molar-refractivity contribution >= 4 is 23.2 Å². The molecule has 1 aromatic heterocycles. The van der Waals surface area contributed by atoms with Gasteiger partial charge in [0, 0.05) is 12.6 Å².